The molecule has 2 heteroatoms. The first-order valence-corrected chi connectivity index (χ1v) is 13.9. The third-order valence-corrected chi connectivity index (χ3v) is 7.93. The number of nitrogens with zero attached hydrogens (tertiary/aromatic N) is 1. The molecule has 0 N–H and O–H groups in total. The van der Waals surface area contributed by atoms with Gasteiger partial charge < -0.3 is 4.42 Å². The summed E-state index contributed by atoms with van der Waals surface area (Å²) in [5.41, 5.74) is 10.00. The zero-order chi connectivity index (χ0) is 27.2. The number of para-hydroxylation sites is 2. The van der Waals surface area contributed by atoms with Gasteiger partial charge in [-0.15, -0.1) is 0 Å². The first-order valence-electron chi connectivity index (χ1n) is 13.9. The van der Waals surface area contributed by atoms with Crippen LogP contribution in [0.4, 0.5) is 0 Å². The number of oxazole rings is 1. The summed E-state index contributed by atoms with van der Waals surface area (Å²) in [7, 11) is 0. The van der Waals surface area contributed by atoms with Crippen molar-refractivity contribution in [1.29, 1.82) is 0 Å². The molecule has 0 amide bonds. The van der Waals surface area contributed by atoms with Gasteiger partial charge in [-0.2, -0.15) is 0 Å². The molecule has 0 saturated carbocycles. The molecular weight excluding hydrogens is 498 g/mol. The minimum Gasteiger partial charge on any atom is -0.436 e. The zero-order valence-electron chi connectivity index (χ0n) is 22.3. The topological polar surface area (TPSA) is 26.0 Å². The molecular formula is C39H25NO. The molecule has 0 aliphatic heterocycles. The fourth-order valence-corrected chi connectivity index (χ4v) is 6.08. The molecule has 0 atom stereocenters. The summed E-state index contributed by atoms with van der Waals surface area (Å²) in [5, 5.41) is 4.96. The van der Waals surface area contributed by atoms with Gasteiger partial charge in [-0.1, -0.05) is 127 Å². The average Bonchev–Trinajstić information content (AvgIpc) is 3.49. The van der Waals surface area contributed by atoms with E-state index in [2.05, 4.69) is 127 Å². The molecule has 0 aliphatic rings. The molecule has 0 saturated heterocycles. The van der Waals surface area contributed by atoms with Crippen molar-refractivity contribution in [2.24, 2.45) is 0 Å². The third kappa shape index (κ3) is 3.92. The van der Waals surface area contributed by atoms with Gasteiger partial charge in [0.05, 0.1) is 0 Å². The highest BCUT2D eigenvalue weighted by Gasteiger charge is 2.19. The van der Waals surface area contributed by atoms with E-state index in [1.165, 1.54) is 54.9 Å². The van der Waals surface area contributed by atoms with E-state index in [-0.39, 0.29) is 0 Å². The molecule has 8 aromatic rings. The Morgan fingerprint density at radius 3 is 1.54 bits per heavy atom. The van der Waals surface area contributed by atoms with Gasteiger partial charge in [-0.3, -0.25) is 0 Å². The largest absolute Gasteiger partial charge is 0.436 e. The summed E-state index contributed by atoms with van der Waals surface area (Å²) in [6.45, 7) is 0. The van der Waals surface area contributed by atoms with Crippen molar-refractivity contribution in [3.8, 4) is 44.8 Å². The summed E-state index contributed by atoms with van der Waals surface area (Å²) in [4.78, 5) is 4.70. The van der Waals surface area contributed by atoms with Gasteiger partial charge in [0.1, 0.15) is 5.52 Å². The number of hydrogen-bond acceptors (Lipinski definition) is 2. The van der Waals surface area contributed by atoms with E-state index in [1.807, 2.05) is 24.3 Å². The number of aromatic nitrogens is 1. The van der Waals surface area contributed by atoms with E-state index in [1.54, 1.807) is 0 Å². The van der Waals surface area contributed by atoms with Gasteiger partial charge in [0.2, 0.25) is 5.89 Å². The van der Waals surface area contributed by atoms with Gasteiger partial charge >= 0.3 is 0 Å². The van der Waals surface area contributed by atoms with Crippen molar-refractivity contribution in [1.82, 2.24) is 4.98 Å². The number of fused-ring (bicyclic) bond motifs is 3. The van der Waals surface area contributed by atoms with Crippen molar-refractivity contribution in [2.45, 2.75) is 0 Å². The third-order valence-electron chi connectivity index (χ3n) is 7.93. The van der Waals surface area contributed by atoms with Crippen LogP contribution in [0.25, 0.3) is 77.5 Å². The van der Waals surface area contributed by atoms with E-state index in [9.17, 15) is 0 Å². The fourth-order valence-electron chi connectivity index (χ4n) is 6.08. The van der Waals surface area contributed by atoms with Crippen LogP contribution in [0.2, 0.25) is 0 Å². The fraction of sp³-hybridized carbons (Fsp3) is 0. The van der Waals surface area contributed by atoms with Crippen LogP contribution in [0, 0.1) is 0 Å². The first kappa shape index (κ1) is 23.4. The van der Waals surface area contributed by atoms with Crippen LogP contribution in [-0.4, -0.2) is 4.98 Å². The Hall–Kier alpha value is -5.47. The van der Waals surface area contributed by atoms with Crippen LogP contribution in [-0.2, 0) is 0 Å². The lowest BCUT2D eigenvalue weighted by atomic mass is 9.84. The predicted molar refractivity (Wildman–Crippen MR) is 171 cm³/mol. The summed E-state index contributed by atoms with van der Waals surface area (Å²) >= 11 is 0. The Bertz CT molecular complexity index is 2100. The minimum absolute atomic E-state index is 0.639. The normalized spacial score (nSPS) is 11.4. The van der Waals surface area contributed by atoms with Crippen LogP contribution in [0.3, 0.4) is 0 Å². The lowest BCUT2D eigenvalue weighted by Gasteiger charge is -2.19. The SMILES string of the molecule is c1ccc(-c2ccccc2-c2c3ccccc3c(-c3ccc(-c4nc5ccccc5o4)cc3)c3ccccc23)cc1. The molecule has 0 spiro atoms. The molecule has 8 rings (SSSR count). The Morgan fingerprint density at radius 1 is 0.366 bits per heavy atom. The van der Waals surface area contributed by atoms with Crippen LogP contribution in [0.15, 0.2) is 156 Å². The van der Waals surface area contributed by atoms with Gasteiger partial charge in [0.25, 0.3) is 0 Å². The van der Waals surface area contributed by atoms with Crippen molar-refractivity contribution in [3.63, 3.8) is 0 Å². The van der Waals surface area contributed by atoms with E-state index < -0.39 is 0 Å². The summed E-state index contributed by atoms with van der Waals surface area (Å²) in [6.07, 6.45) is 0. The molecule has 7 aromatic carbocycles. The molecule has 0 radical (unpaired) electrons. The maximum absolute atomic E-state index is 6.04. The number of benzene rings is 7. The highest BCUT2D eigenvalue weighted by Crippen LogP contribution is 2.46. The zero-order valence-corrected chi connectivity index (χ0v) is 22.3. The Kier molecular flexibility index (Phi) is 5.49. The van der Waals surface area contributed by atoms with Crippen LogP contribution in [0.1, 0.15) is 0 Å². The monoisotopic (exact) mass is 523 g/mol. The van der Waals surface area contributed by atoms with E-state index >= 15 is 0 Å². The number of hydrogen-bond donors (Lipinski definition) is 0. The highest BCUT2D eigenvalue weighted by atomic mass is 16.3. The molecule has 0 fully saturated rings. The molecule has 0 bridgehead atoms. The molecule has 0 aliphatic carbocycles. The quantitative estimate of drug-likeness (QED) is 0.214. The van der Waals surface area contributed by atoms with Crippen molar-refractivity contribution in [3.05, 3.63) is 152 Å². The Balaban J connectivity index is 1.36. The van der Waals surface area contributed by atoms with Crippen molar-refractivity contribution in [2.75, 3.05) is 0 Å². The summed E-state index contributed by atoms with van der Waals surface area (Å²) < 4.78 is 6.04. The van der Waals surface area contributed by atoms with Crippen molar-refractivity contribution < 1.29 is 4.42 Å². The lowest BCUT2D eigenvalue weighted by molar-refractivity contribution is 0.620. The summed E-state index contributed by atoms with van der Waals surface area (Å²) in [6, 6.07) is 53.5. The Labute approximate surface area is 238 Å². The van der Waals surface area contributed by atoms with E-state index in [0.717, 1.165) is 16.7 Å². The maximum Gasteiger partial charge on any atom is 0.227 e. The number of rotatable bonds is 4. The smallest absolute Gasteiger partial charge is 0.227 e. The average molecular weight is 524 g/mol. The van der Waals surface area contributed by atoms with Gasteiger partial charge in [-0.05, 0) is 79.2 Å². The molecule has 41 heavy (non-hydrogen) atoms. The van der Waals surface area contributed by atoms with E-state index in [0.29, 0.717) is 5.89 Å². The van der Waals surface area contributed by atoms with Crippen LogP contribution >= 0.6 is 0 Å². The predicted octanol–water partition coefficient (Wildman–Crippen LogP) is 10.8. The Morgan fingerprint density at radius 2 is 0.878 bits per heavy atom. The van der Waals surface area contributed by atoms with Crippen LogP contribution < -0.4 is 0 Å². The second kappa shape index (κ2) is 9.62. The summed E-state index contributed by atoms with van der Waals surface area (Å²) in [5.74, 6) is 0.639. The van der Waals surface area contributed by atoms with E-state index in [4.69, 9.17) is 9.40 Å². The standard InChI is InChI=1S/C39H25NO/c1-2-12-26(13-3-1)29-14-4-5-15-30(29)38-33-18-8-6-16-31(33)37(32-17-7-9-19-34(32)38)27-22-24-28(25-23-27)39-40-35-20-10-11-21-36(35)41-39/h1-25H. The molecule has 192 valence electrons. The molecule has 2 nitrogen and oxygen atoms in total. The van der Waals surface area contributed by atoms with Gasteiger partial charge in [-0.25, -0.2) is 4.98 Å². The molecule has 1 aromatic heterocycles. The maximum atomic E-state index is 6.04. The van der Waals surface area contributed by atoms with Gasteiger partial charge in [0.15, 0.2) is 5.58 Å². The minimum atomic E-state index is 0.639. The molecule has 0 unspecified atom stereocenters. The van der Waals surface area contributed by atoms with Crippen LogP contribution in [0.5, 0.6) is 0 Å². The molecule has 1 heterocycles. The second-order valence-corrected chi connectivity index (χ2v) is 10.3. The second-order valence-electron chi connectivity index (χ2n) is 10.3. The lowest BCUT2D eigenvalue weighted by Crippen LogP contribution is -1.92. The first-order chi connectivity index (χ1) is 20.3. The van der Waals surface area contributed by atoms with Gasteiger partial charge in [0, 0.05) is 5.56 Å². The highest BCUT2D eigenvalue weighted by molar-refractivity contribution is 6.22. The van der Waals surface area contributed by atoms with Crippen molar-refractivity contribution >= 4 is 32.6 Å².